The zero-order valence-corrected chi connectivity index (χ0v) is 27.9. The van der Waals surface area contributed by atoms with Gasteiger partial charge in [-0.2, -0.15) is 9.45 Å². The summed E-state index contributed by atoms with van der Waals surface area (Å²) in [7, 11) is 1.40. The van der Waals surface area contributed by atoms with E-state index in [0.29, 0.717) is 34.2 Å². The molecule has 0 amide bonds. The van der Waals surface area contributed by atoms with Gasteiger partial charge in [-0.25, -0.2) is 0 Å². The zero-order chi connectivity index (χ0) is 28.6. The number of nitrogens with zero attached hydrogens (tertiary/aromatic N) is 4. The molecule has 0 unspecified atom stereocenters. The molecule has 0 aliphatic heterocycles. The number of azo groups is 2. The molecule has 4 rings (SSSR count). The largest absolute Gasteiger partial charge is 1.00 e. The van der Waals surface area contributed by atoms with Crippen LogP contribution >= 0.6 is 12.0 Å². The van der Waals surface area contributed by atoms with E-state index in [1.807, 2.05) is 19.1 Å². The number of phenolic OH excluding ortho intramolecular Hbond substituents is 1. The van der Waals surface area contributed by atoms with Crippen LogP contribution in [0.15, 0.2) is 86.0 Å². The first-order valence-electron chi connectivity index (χ1n) is 11.4. The monoisotopic (exact) mass is 609 g/mol. The summed E-state index contributed by atoms with van der Waals surface area (Å²) >= 11 is 0.500. The van der Waals surface area contributed by atoms with Crippen molar-refractivity contribution in [3.05, 3.63) is 66.2 Å². The van der Waals surface area contributed by atoms with Gasteiger partial charge in [-0.05, 0) is 42.6 Å². The van der Waals surface area contributed by atoms with Gasteiger partial charge in [0.25, 0.3) is 0 Å². The molecular formula is C26H21N5Na2O8S. The van der Waals surface area contributed by atoms with Crippen LogP contribution in [-0.2, 0) is 14.2 Å². The van der Waals surface area contributed by atoms with Gasteiger partial charge in [-0.3, -0.25) is 5.04 Å². The minimum Gasteiger partial charge on any atom is -0.691 e. The van der Waals surface area contributed by atoms with Gasteiger partial charge in [0.1, 0.15) is 35.2 Å². The van der Waals surface area contributed by atoms with E-state index >= 15 is 0 Å². The first-order valence-corrected chi connectivity index (χ1v) is 12.2. The smallest absolute Gasteiger partial charge is 0.691 e. The predicted octanol–water partition coefficient (Wildman–Crippen LogP) is -1.36. The molecule has 0 aliphatic rings. The third-order valence-corrected chi connectivity index (χ3v) is 6.01. The number of rotatable bonds is 11. The number of carbonyl (C=O) groups excluding carboxylic acids is 1. The van der Waals surface area contributed by atoms with Crippen molar-refractivity contribution in [3.63, 3.8) is 0 Å². The molecule has 0 saturated carbocycles. The van der Waals surface area contributed by atoms with E-state index in [0.717, 1.165) is 5.56 Å². The number of aliphatic carboxylic acids is 1. The summed E-state index contributed by atoms with van der Waals surface area (Å²) < 4.78 is 15.2. The minimum atomic E-state index is -1.47. The molecule has 4 aromatic carbocycles. The van der Waals surface area contributed by atoms with Crippen molar-refractivity contribution in [1.29, 1.82) is 0 Å². The number of hydrogen-bond acceptors (Lipinski definition) is 14. The van der Waals surface area contributed by atoms with Crippen LogP contribution in [0.3, 0.4) is 0 Å². The quantitative estimate of drug-likeness (QED) is 0.0512. The first kappa shape index (κ1) is 35.4. The third-order valence-electron chi connectivity index (χ3n) is 5.40. The number of methoxy groups -OCH3 is 1. The number of carboxylic acid groups (broad SMARTS) is 1. The number of aryl methyl sites for hydroxylation is 1. The van der Waals surface area contributed by atoms with E-state index in [1.54, 1.807) is 30.3 Å². The Hall–Kier alpha value is -2.76. The van der Waals surface area contributed by atoms with Gasteiger partial charge in [-0.15, -0.1) is 15.3 Å². The Morgan fingerprint density at radius 1 is 0.952 bits per heavy atom. The van der Waals surface area contributed by atoms with E-state index in [4.69, 9.17) is 15.2 Å². The van der Waals surface area contributed by atoms with Gasteiger partial charge >= 0.3 is 59.1 Å². The number of carboxylic acids is 1. The summed E-state index contributed by atoms with van der Waals surface area (Å²) in [6.07, 6.45) is 0. The summed E-state index contributed by atoms with van der Waals surface area (Å²) in [5.74, 6) is -1.60. The van der Waals surface area contributed by atoms with Crippen molar-refractivity contribution in [3.8, 4) is 17.2 Å². The van der Waals surface area contributed by atoms with Crippen LogP contribution < -0.4 is 84.7 Å². The summed E-state index contributed by atoms with van der Waals surface area (Å²) in [5.41, 5.74) is 8.04. The summed E-state index contributed by atoms with van der Waals surface area (Å²) in [6.45, 7) is 1.15. The Morgan fingerprint density at radius 3 is 2.29 bits per heavy atom. The summed E-state index contributed by atoms with van der Waals surface area (Å²) in [5, 5.41) is 53.5. The number of hydrogen-bond donors (Lipinski definition) is 2. The maximum atomic E-state index is 11.1. The molecule has 42 heavy (non-hydrogen) atoms. The van der Waals surface area contributed by atoms with Crippen LogP contribution in [0.25, 0.3) is 10.8 Å². The predicted molar refractivity (Wildman–Crippen MR) is 141 cm³/mol. The molecule has 0 bridgehead atoms. The Bertz CT molecular complexity index is 1610. The number of nitrogens with two attached hydrogens (primary N) is 1. The van der Waals surface area contributed by atoms with E-state index in [2.05, 4.69) is 29.8 Å². The Morgan fingerprint density at radius 2 is 1.62 bits per heavy atom. The molecule has 3 N–H and O–H groups in total. The fourth-order valence-electron chi connectivity index (χ4n) is 3.51. The SMILES string of the molecule is COc1cc(N=Nc2c(SOO[O-])cc3ccc(N)cc3c2O)c(OCC(=O)[O-])cc1N=Nc1ccc(C)cc1.[Na+].[Na+]. The maximum Gasteiger partial charge on any atom is 1.00 e. The number of nitrogen functional groups attached to an aromatic ring is 1. The zero-order valence-electron chi connectivity index (χ0n) is 23.1. The van der Waals surface area contributed by atoms with Crippen molar-refractivity contribution < 1.29 is 98.2 Å². The average molecular weight is 610 g/mol. The first-order chi connectivity index (χ1) is 19.3. The number of aromatic hydroxyl groups is 1. The minimum absolute atomic E-state index is 0. The number of ether oxygens (including phenoxy) is 2. The fraction of sp³-hybridized carbons (Fsp3) is 0.115. The van der Waals surface area contributed by atoms with Gasteiger partial charge in [0.05, 0.1) is 35.7 Å². The van der Waals surface area contributed by atoms with Crippen molar-refractivity contribution in [2.24, 2.45) is 20.5 Å². The molecule has 0 atom stereocenters. The molecule has 4 aromatic rings. The standard InChI is InChI=1S/C26H23N5O8S.2Na/c1-14-3-7-17(8-4-14)28-29-19-12-22(37-13-24(32)33)20(11-21(19)36-2)30-31-25-23(40-39-38-35)9-15-5-6-16(27)10-18(15)26(25)34;;/h3-12,34-35H,13,27H2,1-2H3,(H,32,33);;/q;2*+1/p-2. The van der Waals surface area contributed by atoms with E-state index in [1.165, 1.54) is 25.3 Å². The normalized spacial score (nSPS) is 10.9. The second-order valence-corrected chi connectivity index (χ2v) is 8.90. The van der Waals surface area contributed by atoms with Crippen molar-refractivity contribution in [2.75, 3.05) is 19.5 Å². The van der Waals surface area contributed by atoms with Crippen LogP contribution in [0.2, 0.25) is 0 Å². The van der Waals surface area contributed by atoms with Gasteiger partial charge in [0.15, 0.2) is 5.75 Å². The second kappa shape index (κ2) is 16.8. The Kier molecular flexibility index (Phi) is 14.1. The van der Waals surface area contributed by atoms with Crippen molar-refractivity contribution >= 4 is 57.2 Å². The van der Waals surface area contributed by atoms with Crippen molar-refractivity contribution in [1.82, 2.24) is 0 Å². The number of anilines is 1. The Labute approximate surface area is 288 Å². The van der Waals surface area contributed by atoms with Crippen molar-refractivity contribution in [2.45, 2.75) is 11.8 Å². The average Bonchev–Trinajstić information content (AvgIpc) is 2.94. The molecule has 0 heterocycles. The third kappa shape index (κ3) is 9.12. The van der Waals surface area contributed by atoms with Crippen LogP contribution in [0.5, 0.6) is 17.2 Å². The molecule has 0 radical (unpaired) electrons. The topological polar surface area (TPSA) is 196 Å². The number of carbonyl (C=O) groups is 1. The van der Waals surface area contributed by atoms with Gasteiger partial charge in [0, 0.05) is 23.2 Å². The van der Waals surface area contributed by atoms with Gasteiger partial charge in [-0.1, -0.05) is 23.8 Å². The fourth-order valence-corrected chi connectivity index (χ4v) is 4.00. The van der Waals surface area contributed by atoms with E-state index in [-0.39, 0.29) is 98.3 Å². The van der Waals surface area contributed by atoms with Crippen LogP contribution in [-0.4, -0.2) is 24.8 Å². The van der Waals surface area contributed by atoms with E-state index in [9.17, 15) is 20.3 Å². The van der Waals surface area contributed by atoms with Crippen LogP contribution in [0, 0.1) is 6.92 Å². The molecule has 0 aromatic heterocycles. The molecule has 206 valence electrons. The molecule has 16 heteroatoms. The van der Waals surface area contributed by atoms with Gasteiger partial charge in [0.2, 0.25) is 0 Å². The Balaban J connectivity index is 0.00000308. The van der Waals surface area contributed by atoms with Crippen LogP contribution in [0.1, 0.15) is 5.56 Å². The molecule has 0 aliphatic carbocycles. The maximum absolute atomic E-state index is 11.1. The molecular weight excluding hydrogens is 588 g/mol. The number of benzene rings is 4. The van der Waals surface area contributed by atoms with Crippen LogP contribution in [0.4, 0.5) is 28.4 Å². The molecule has 13 nitrogen and oxygen atoms in total. The number of fused-ring (bicyclic) bond motifs is 1. The summed E-state index contributed by atoms with van der Waals surface area (Å²) in [4.78, 5) is 11.3. The molecule has 0 fully saturated rings. The second-order valence-electron chi connectivity index (χ2n) is 8.16. The van der Waals surface area contributed by atoms with Gasteiger partial charge < -0.3 is 35.5 Å². The molecule has 0 saturated heterocycles. The molecule has 0 spiro atoms. The summed E-state index contributed by atoms with van der Waals surface area (Å²) in [6, 6.07) is 16.5. The van der Waals surface area contributed by atoms with E-state index < -0.39 is 12.6 Å². The number of phenols is 1.